The van der Waals surface area contributed by atoms with Gasteiger partial charge in [-0.1, -0.05) is 30.7 Å². The van der Waals surface area contributed by atoms with Gasteiger partial charge >= 0.3 is 6.03 Å². The predicted octanol–water partition coefficient (Wildman–Crippen LogP) is 4.48. The molecule has 1 unspecified atom stereocenters. The number of rotatable bonds is 9. The van der Waals surface area contributed by atoms with E-state index in [0.29, 0.717) is 26.2 Å². The SMILES string of the molecule is C=CCN(CC(=O)N1CCc2sccc2C1COc1ccc(C)cc1C)C(=O)NCCC. The van der Waals surface area contributed by atoms with Crippen molar-refractivity contribution in [2.75, 3.05) is 32.8 Å². The van der Waals surface area contributed by atoms with Crippen LogP contribution in [0.1, 0.15) is 41.0 Å². The molecule has 1 aliphatic heterocycles. The van der Waals surface area contributed by atoms with E-state index in [1.807, 2.05) is 30.9 Å². The molecule has 172 valence electrons. The largest absolute Gasteiger partial charge is 0.491 e. The van der Waals surface area contributed by atoms with Crippen molar-refractivity contribution in [1.82, 2.24) is 15.1 Å². The summed E-state index contributed by atoms with van der Waals surface area (Å²) in [7, 11) is 0. The van der Waals surface area contributed by atoms with Gasteiger partial charge in [0.2, 0.25) is 5.91 Å². The van der Waals surface area contributed by atoms with Gasteiger partial charge in [0.25, 0.3) is 0 Å². The number of ether oxygens (including phenoxy) is 1. The maximum absolute atomic E-state index is 13.3. The average Bonchev–Trinajstić information content (AvgIpc) is 3.25. The predicted molar refractivity (Wildman–Crippen MR) is 129 cm³/mol. The van der Waals surface area contributed by atoms with Crippen molar-refractivity contribution in [2.24, 2.45) is 0 Å². The Hall–Kier alpha value is -2.80. The number of carbonyl (C=O) groups excluding carboxylic acids is 2. The van der Waals surface area contributed by atoms with Gasteiger partial charge in [-0.3, -0.25) is 4.79 Å². The van der Waals surface area contributed by atoms with Crippen molar-refractivity contribution in [3.8, 4) is 5.75 Å². The van der Waals surface area contributed by atoms with E-state index < -0.39 is 0 Å². The Labute approximate surface area is 194 Å². The molecule has 1 aromatic carbocycles. The highest BCUT2D eigenvalue weighted by atomic mass is 32.1. The average molecular weight is 456 g/mol. The second-order valence-electron chi connectivity index (χ2n) is 8.13. The molecule has 0 saturated carbocycles. The molecule has 1 atom stereocenters. The van der Waals surface area contributed by atoms with Crippen molar-refractivity contribution in [3.05, 3.63) is 63.9 Å². The molecule has 0 saturated heterocycles. The number of hydrogen-bond acceptors (Lipinski definition) is 4. The molecule has 0 spiro atoms. The maximum atomic E-state index is 13.3. The van der Waals surface area contributed by atoms with Crippen LogP contribution in [-0.4, -0.2) is 54.5 Å². The summed E-state index contributed by atoms with van der Waals surface area (Å²) >= 11 is 1.72. The van der Waals surface area contributed by atoms with Crippen LogP contribution in [0.25, 0.3) is 0 Å². The van der Waals surface area contributed by atoms with E-state index in [4.69, 9.17) is 4.74 Å². The number of nitrogens with zero attached hydrogens (tertiary/aromatic N) is 2. The van der Waals surface area contributed by atoms with Gasteiger partial charge in [0.05, 0.1) is 6.04 Å². The molecule has 0 aliphatic carbocycles. The third-order valence-electron chi connectivity index (χ3n) is 5.63. The number of hydrogen-bond donors (Lipinski definition) is 1. The number of fused-ring (bicyclic) bond motifs is 1. The second kappa shape index (κ2) is 11.2. The lowest BCUT2D eigenvalue weighted by Gasteiger charge is -2.37. The maximum Gasteiger partial charge on any atom is 0.318 e. The van der Waals surface area contributed by atoms with Crippen LogP contribution in [0.15, 0.2) is 42.3 Å². The van der Waals surface area contributed by atoms with Crippen LogP contribution in [0.2, 0.25) is 0 Å². The quantitative estimate of drug-likeness (QED) is 0.567. The lowest BCUT2D eigenvalue weighted by molar-refractivity contribution is -0.135. The second-order valence-corrected chi connectivity index (χ2v) is 9.13. The first kappa shape index (κ1) is 23.9. The molecule has 2 aromatic rings. The summed E-state index contributed by atoms with van der Waals surface area (Å²) < 4.78 is 6.19. The van der Waals surface area contributed by atoms with Crippen LogP contribution in [0.4, 0.5) is 4.79 Å². The fourth-order valence-corrected chi connectivity index (χ4v) is 4.91. The van der Waals surface area contributed by atoms with Gasteiger partial charge in [-0.05, 0) is 55.3 Å². The molecule has 1 aromatic heterocycles. The Kier molecular flexibility index (Phi) is 8.33. The Morgan fingerprint density at radius 1 is 1.34 bits per heavy atom. The summed E-state index contributed by atoms with van der Waals surface area (Å²) in [5, 5.41) is 4.93. The highest BCUT2D eigenvalue weighted by Crippen LogP contribution is 2.34. The van der Waals surface area contributed by atoms with Gasteiger partial charge in [0.15, 0.2) is 0 Å². The first-order chi connectivity index (χ1) is 15.4. The Morgan fingerprint density at radius 2 is 2.16 bits per heavy atom. The minimum atomic E-state index is -0.239. The number of thiophene rings is 1. The van der Waals surface area contributed by atoms with Crippen LogP contribution in [0, 0.1) is 13.8 Å². The summed E-state index contributed by atoms with van der Waals surface area (Å²) in [6.45, 7) is 11.7. The Bertz CT molecular complexity index is 956. The standard InChI is InChI=1S/C25H33N3O3S/c1-5-11-26-25(30)27(12-6-2)16-24(29)28-13-9-23-20(10-14-32-23)21(28)17-31-22-8-7-18(3)15-19(22)4/h6-8,10,14-15,21H,2,5,9,11-13,16-17H2,1,3-4H3,(H,26,30). The van der Waals surface area contributed by atoms with Crippen molar-refractivity contribution in [1.29, 1.82) is 0 Å². The first-order valence-electron chi connectivity index (χ1n) is 11.1. The van der Waals surface area contributed by atoms with Crippen LogP contribution >= 0.6 is 11.3 Å². The zero-order chi connectivity index (χ0) is 23.1. The topological polar surface area (TPSA) is 61.9 Å². The van der Waals surface area contributed by atoms with Crippen LogP contribution in [0.3, 0.4) is 0 Å². The number of carbonyl (C=O) groups is 2. The highest BCUT2D eigenvalue weighted by Gasteiger charge is 2.33. The Morgan fingerprint density at radius 3 is 2.88 bits per heavy atom. The van der Waals surface area contributed by atoms with Crippen molar-refractivity contribution in [2.45, 2.75) is 39.7 Å². The summed E-state index contributed by atoms with van der Waals surface area (Å²) in [5.41, 5.74) is 3.41. The molecule has 0 bridgehead atoms. The molecule has 1 N–H and O–H groups in total. The molecular weight excluding hydrogens is 422 g/mol. The van der Waals surface area contributed by atoms with E-state index >= 15 is 0 Å². The number of amides is 3. The zero-order valence-electron chi connectivity index (χ0n) is 19.2. The van der Waals surface area contributed by atoms with E-state index in [-0.39, 0.29) is 24.5 Å². The van der Waals surface area contributed by atoms with E-state index in [9.17, 15) is 9.59 Å². The molecular formula is C25H33N3O3S. The molecule has 0 radical (unpaired) electrons. The summed E-state index contributed by atoms with van der Waals surface area (Å²) in [6.07, 6.45) is 3.31. The molecule has 6 nitrogen and oxygen atoms in total. The highest BCUT2D eigenvalue weighted by molar-refractivity contribution is 7.10. The molecule has 1 aliphatic rings. The first-order valence-corrected chi connectivity index (χ1v) is 12.0. The van der Waals surface area contributed by atoms with E-state index in [1.54, 1.807) is 17.4 Å². The third-order valence-corrected chi connectivity index (χ3v) is 6.63. The molecule has 2 heterocycles. The fraction of sp³-hybridized carbons (Fsp3) is 0.440. The van der Waals surface area contributed by atoms with Crippen molar-refractivity contribution < 1.29 is 14.3 Å². The molecule has 3 amide bonds. The number of aryl methyl sites for hydroxylation is 2. The molecule has 3 rings (SSSR count). The molecule has 32 heavy (non-hydrogen) atoms. The van der Waals surface area contributed by atoms with Gasteiger partial charge < -0.3 is 19.9 Å². The van der Waals surface area contributed by atoms with Crippen LogP contribution < -0.4 is 10.1 Å². The van der Waals surface area contributed by atoms with Crippen molar-refractivity contribution >= 4 is 23.3 Å². The number of urea groups is 1. The Balaban J connectivity index is 1.76. The van der Waals surface area contributed by atoms with Crippen molar-refractivity contribution in [3.63, 3.8) is 0 Å². The molecule has 0 fully saturated rings. The lowest BCUT2D eigenvalue weighted by atomic mass is 10.0. The van der Waals surface area contributed by atoms with Gasteiger partial charge in [-0.2, -0.15) is 0 Å². The summed E-state index contributed by atoms with van der Waals surface area (Å²) in [5.74, 6) is 0.752. The number of nitrogens with one attached hydrogen (secondary N) is 1. The normalized spacial score (nSPS) is 15.1. The van der Waals surface area contributed by atoms with E-state index in [0.717, 1.165) is 29.7 Å². The smallest absolute Gasteiger partial charge is 0.318 e. The molecule has 7 heteroatoms. The van der Waals surface area contributed by atoms with Gasteiger partial charge in [0, 0.05) is 24.5 Å². The van der Waals surface area contributed by atoms with E-state index in [2.05, 4.69) is 36.3 Å². The third kappa shape index (κ3) is 5.71. The fourth-order valence-electron chi connectivity index (χ4n) is 3.98. The van der Waals surface area contributed by atoms with Crippen LogP contribution in [0.5, 0.6) is 5.75 Å². The summed E-state index contributed by atoms with van der Waals surface area (Å²) in [4.78, 5) is 30.5. The minimum absolute atomic E-state index is 0.0150. The monoisotopic (exact) mass is 455 g/mol. The summed E-state index contributed by atoms with van der Waals surface area (Å²) in [6, 6.07) is 7.78. The number of benzene rings is 1. The van der Waals surface area contributed by atoms with Gasteiger partial charge in [-0.25, -0.2) is 4.79 Å². The minimum Gasteiger partial charge on any atom is -0.491 e. The van der Waals surface area contributed by atoms with Gasteiger partial charge in [0.1, 0.15) is 18.9 Å². The van der Waals surface area contributed by atoms with Crippen LogP contribution in [-0.2, 0) is 11.2 Å². The lowest BCUT2D eigenvalue weighted by Crippen LogP contribution is -2.50. The van der Waals surface area contributed by atoms with E-state index in [1.165, 1.54) is 15.3 Å². The zero-order valence-corrected chi connectivity index (χ0v) is 20.0. The van der Waals surface area contributed by atoms with Gasteiger partial charge in [-0.15, -0.1) is 17.9 Å².